The van der Waals surface area contributed by atoms with Crippen LogP contribution in [0.2, 0.25) is 115 Å². The molecule has 0 saturated carbocycles. The van der Waals surface area contributed by atoms with Crippen molar-refractivity contribution in [3.05, 3.63) is 11.1 Å². The zero-order chi connectivity index (χ0) is 25.4. The van der Waals surface area contributed by atoms with Crippen LogP contribution in [0.5, 0.6) is 0 Å². The molecule has 0 aliphatic carbocycles. The third-order valence-electron chi connectivity index (χ3n) is 7.32. The van der Waals surface area contributed by atoms with Gasteiger partial charge in [-0.15, -0.1) is 0 Å². The third-order valence-corrected chi connectivity index (χ3v) is 161. The monoisotopic (exact) mass is 620 g/mol. The Labute approximate surface area is 213 Å². The SMILES string of the molecule is CC1=C(C)[CH2][Ge][CH2]1.C[Si](C)(C)[Si]([Si](C)(C)C)[Si](C)(C)[Si](C)(C)[Si]([Si](C)(C)C)[Si](C)(C)C. The normalized spacial score (nSPS) is 17.4. The Hall–Kier alpha value is 2.02. The molecule has 1 heterocycles. The van der Waals surface area contributed by atoms with E-state index in [0.29, 0.717) is 15.4 Å². The van der Waals surface area contributed by atoms with Crippen LogP contribution in [-0.4, -0.2) is 74.7 Å². The van der Waals surface area contributed by atoms with E-state index < -0.39 is 44.6 Å². The van der Waals surface area contributed by atoms with Gasteiger partial charge in [-0.1, -0.05) is 105 Å². The zero-order valence-corrected chi connectivity index (χ0v) is 35.0. The van der Waals surface area contributed by atoms with Crippen LogP contribution < -0.4 is 0 Å². The van der Waals surface area contributed by atoms with Crippen molar-refractivity contribution in [1.29, 1.82) is 0 Å². The molecule has 1 rings (SSSR count). The van der Waals surface area contributed by atoms with Gasteiger partial charge in [0.2, 0.25) is 0 Å². The van der Waals surface area contributed by atoms with Crippen LogP contribution in [0.25, 0.3) is 0 Å². The van der Waals surface area contributed by atoms with E-state index in [1.807, 2.05) is 0 Å². The maximum atomic E-state index is 2.93. The summed E-state index contributed by atoms with van der Waals surface area (Å²) in [4.78, 5) is 0. The molecule has 0 aromatic rings. The smallest absolute Gasteiger partial charge is 0.0303 e. The van der Waals surface area contributed by atoms with Gasteiger partial charge in [-0.3, -0.25) is 0 Å². The molecule has 0 aromatic heterocycles. The van der Waals surface area contributed by atoms with E-state index in [-0.39, 0.29) is 14.7 Å². The van der Waals surface area contributed by atoms with Gasteiger partial charge in [0, 0.05) is 59.3 Å². The van der Waals surface area contributed by atoms with Gasteiger partial charge in [-0.25, -0.2) is 0 Å². The molecule has 0 amide bonds. The molecular weight excluding hydrogens is 562 g/mol. The van der Waals surface area contributed by atoms with E-state index in [2.05, 4.69) is 119 Å². The van der Waals surface area contributed by atoms with Crippen LogP contribution in [0.15, 0.2) is 11.1 Å². The molecular formula is C22H58GeSi8. The summed E-state index contributed by atoms with van der Waals surface area (Å²) in [6, 6.07) is 0. The summed E-state index contributed by atoms with van der Waals surface area (Å²) in [5.41, 5.74) is 3.36. The Morgan fingerprint density at radius 1 is 0.452 bits per heavy atom. The zero-order valence-electron chi connectivity index (χ0n) is 24.9. The average molecular weight is 620 g/mol. The molecule has 0 spiro atoms. The van der Waals surface area contributed by atoms with Crippen LogP contribution in [-0.2, 0) is 0 Å². The van der Waals surface area contributed by atoms with Crippen LogP contribution in [0.4, 0.5) is 0 Å². The predicted octanol–water partition coefficient (Wildman–Crippen LogP) is 8.17. The van der Waals surface area contributed by atoms with Crippen molar-refractivity contribution < 1.29 is 0 Å². The molecule has 0 nitrogen and oxygen atoms in total. The van der Waals surface area contributed by atoms with Gasteiger partial charge in [0.05, 0.1) is 0 Å². The molecule has 1 aliphatic rings. The van der Waals surface area contributed by atoms with Crippen LogP contribution in [0.3, 0.4) is 0 Å². The molecule has 0 atom stereocenters. The standard InChI is InChI=1S/C16H48Si8.C6H10Ge/c1-19(2,3)17(20(4,5)6)23(13,14)24(15,16)18(21(7,8)9)22(10,11)12;1-5-3-7-4-6(5)2/h1-16H3;3-4H2,1-2H3. The number of hydrogen-bond acceptors (Lipinski definition) is 0. The minimum atomic E-state index is -1.13. The summed E-state index contributed by atoms with van der Waals surface area (Å²) >= 11 is 0.477. The van der Waals surface area contributed by atoms with Crippen molar-refractivity contribution in [1.82, 2.24) is 0 Å². The maximum Gasteiger partial charge on any atom is 0.0303 e. The van der Waals surface area contributed by atoms with Crippen LogP contribution >= 0.6 is 0 Å². The molecule has 0 N–H and O–H groups in total. The molecule has 0 aromatic carbocycles. The van der Waals surface area contributed by atoms with Gasteiger partial charge in [0.25, 0.3) is 0 Å². The van der Waals surface area contributed by atoms with Gasteiger partial charge in [-0.2, -0.15) is 0 Å². The number of allylic oxidation sites excluding steroid dienone is 2. The fourth-order valence-corrected chi connectivity index (χ4v) is 277. The Morgan fingerprint density at radius 2 is 0.645 bits per heavy atom. The van der Waals surface area contributed by atoms with E-state index >= 15 is 0 Å². The minimum absolute atomic E-state index is 0.124. The first-order valence-corrected chi connectivity index (χ1v) is 45.4. The second kappa shape index (κ2) is 11.0. The van der Waals surface area contributed by atoms with Crippen LogP contribution in [0.1, 0.15) is 13.8 Å². The second-order valence-corrected chi connectivity index (χ2v) is 97.7. The summed E-state index contributed by atoms with van der Waals surface area (Å²) in [7, 11) is -6.61. The molecule has 0 fully saturated rings. The van der Waals surface area contributed by atoms with E-state index in [4.69, 9.17) is 0 Å². The Morgan fingerprint density at radius 3 is 0.742 bits per heavy atom. The molecule has 0 bridgehead atoms. The molecule has 0 saturated heterocycles. The van der Waals surface area contributed by atoms with Crippen molar-refractivity contribution in [3.8, 4) is 0 Å². The van der Waals surface area contributed by atoms with E-state index in [0.717, 1.165) is 0 Å². The molecule has 1 aliphatic heterocycles. The Kier molecular flexibility index (Phi) is 11.7. The van der Waals surface area contributed by atoms with E-state index in [9.17, 15) is 0 Å². The van der Waals surface area contributed by atoms with Crippen molar-refractivity contribution in [2.75, 3.05) is 0 Å². The first-order chi connectivity index (χ1) is 13.3. The Balaban J connectivity index is 0.00000107. The largest absolute Gasteiger partial charge is 0.0739 e. The first-order valence-electron chi connectivity index (χ1n) is 12.4. The van der Waals surface area contributed by atoms with E-state index in [1.165, 1.54) is 10.5 Å². The van der Waals surface area contributed by atoms with Crippen LogP contribution in [0, 0.1) is 0 Å². The first kappa shape index (κ1) is 33.0. The maximum absolute atomic E-state index is 2.93. The minimum Gasteiger partial charge on any atom is -0.0739 e. The molecule has 9 heteroatoms. The average Bonchev–Trinajstić information content (AvgIpc) is 2.74. The summed E-state index contributed by atoms with van der Waals surface area (Å²) in [6.45, 7) is 49.2. The van der Waals surface area contributed by atoms with Crippen molar-refractivity contribution in [3.63, 3.8) is 0 Å². The van der Waals surface area contributed by atoms with Gasteiger partial charge in [0.15, 0.2) is 0 Å². The Bertz CT molecular complexity index is 546. The van der Waals surface area contributed by atoms with Gasteiger partial charge < -0.3 is 0 Å². The number of rotatable bonds is 7. The molecule has 0 unspecified atom stereocenters. The predicted molar refractivity (Wildman–Crippen MR) is 174 cm³/mol. The molecule has 182 valence electrons. The van der Waals surface area contributed by atoms with Gasteiger partial charge in [0.1, 0.15) is 0 Å². The second-order valence-electron chi connectivity index (χ2n) is 15.2. The summed E-state index contributed by atoms with van der Waals surface area (Å²) in [6.07, 6.45) is 0. The fraction of sp³-hybridized carbons (Fsp3) is 0.909. The third kappa shape index (κ3) is 8.87. The van der Waals surface area contributed by atoms with Crippen molar-refractivity contribution >= 4 is 74.7 Å². The van der Waals surface area contributed by atoms with Gasteiger partial charge in [-0.05, 0) is 0 Å². The number of hydrogen-bond donors (Lipinski definition) is 0. The summed E-state index contributed by atoms with van der Waals surface area (Å²) in [5, 5.41) is 2.96. The molecule has 4 radical (unpaired) electrons. The fourth-order valence-electron chi connectivity index (χ4n) is 7.36. The quantitative estimate of drug-likeness (QED) is 0.199. The summed E-state index contributed by atoms with van der Waals surface area (Å²) in [5.74, 6) is 0. The molecule has 31 heavy (non-hydrogen) atoms. The van der Waals surface area contributed by atoms with Crippen molar-refractivity contribution in [2.24, 2.45) is 0 Å². The van der Waals surface area contributed by atoms with Crippen molar-refractivity contribution in [2.45, 2.75) is 129 Å². The summed E-state index contributed by atoms with van der Waals surface area (Å²) < 4.78 is 0. The van der Waals surface area contributed by atoms with E-state index in [1.54, 1.807) is 11.1 Å². The van der Waals surface area contributed by atoms with Gasteiger partial charge >= 0.3 is 50.9 Å². The topological polar surface area (TPSA) is 0 Å².